The number of rotatable bonds is 5. The van der Waals surface area contributed by atoms with E-state index in [0.717, 1.165) is 17.0 Å². The minimum absolute atomic E-state index is 0.374. The van der Waals surface area contributed by atoms with Crippen LogP contribution in [-0.2, 0) is 0 Å². The van der Waals surface area contributed by atoms with Crippen molar-refractivity contribution in [3.8, 4) is 23.1 Å². The molecule has 2 aromatic carbocycles. The van der Waals surface area contributed by atoms with Crippen molar-refractivity contribution in [3.05, 3.63) is 93.8 Å². The molecule has 2 aromatic heterocycles. The van der Waals surface area contributed by atoms with E-state index in [-0.39, 0.29) is 0 Å². The summed E-state index contributed by atoms with van der Waals surface area (Å²) in [6.45, 7) is 1.71. The molecule has 4 aromatic rings. The second kappa shape index (κ2) is 8.31. The zero-order chi connectivity index (χ0) is 22.9. The zero-order valence-corrected chi connectivity index (χ0v) is 18.3. The summed E-state index contributed by atoms with van der Waals surface area (Å²) in [5.74, 6) is 2.73. The molecule has 8 nitrogen and oxygen atoms in total. The highest BCUT2D eigenvalue weighted by atomic mass is 16.5. The first-order valence-corrected chi connectivity index (χ1v) is 10.3. The molecule has 166 valence electrons. The lowest BCUT2D eigenvalue weighted by molar-refractivity contribution is 0.398. The van der Waals surface area contributed by atoms with Gasteiger partial charge < -0.3 is 23.9 Å². The summed E-state index contributed by atoms with van der Waals surface area (Å²) in [6, 6.07) is 16.7. The maximum atomic E-state index is 13.0. The Bertz CT molecular complexity index is 1360. The fourth-order valence-electron chi connectivity index (χ4n) is 3.95. The van der Waals surface area contributed by atoms with Crippen molar-refractivity contribution >= 4 is 11.5 Å². The van der Waals surface area contributed by atoms with Crippen LogP contribution in [0.4, 0.5) is 11.5 Å². The molecule has 0 spiro atoms. The summed E-state index contributed by atoms with van der Waals surface area (Å²) < 4.78 is 22.0. The normalized spacial score (nSPS) is 14.0. The molecule has 0 saturated heterocycles. The van der Waals surface area contributed by atoms with E-state index in [4.69, 9.17) is 18.6 Å². The predicted molar refractivity (Wildman–Crippen MR) is 122 cm³/mol. The predicted octanol–water partition coefficient (Wildman–Crippen LogP) is 4.78. The fourth-order valence-corrected chi connectivity index (χ4v) is 3.95. The highest BCUT2D eigenvalue weighted by Crippen LogP contribution is 2.48. The molecule has 8 heteroatoms. The number of fused-ring (bicyclic) bond motifs is 2. The second-order valence-corrected chi connectivity index (χ2v) is 7.53. The van der Waals surface area contributed by atoms with Crippen LogP contribution in [0.1, 0.15) is 28.4 Å². The van der Waals surface area contributed by atoms with Crippen molar-refractivity contribution in [3.63, 3.8) is 0 Å². The van der Waals surface area contributed by atoms with Gasteiger partial charge in [0.2, 0.25) is 5.88 Å². The van der Waals surface area contributed by atoms with E-state index in [9.17, 15) is 4.79 Å². The van der Waals surface area contributed by atoms with Crippen LogP contribution in [0.2, 0.25) is 0 Å². The van der Waals surface area contributed by atoms with E-state index in [1.54, 1.807) is 27.2 Å². The number of nitrogens with zero attached hydrogens (tertiary/aromatic N) is 2. The monoisotopic (exact) mass is 443 g/mol. The number of anilines is 2. The molecule has 0 bridgehead atoms. The maximum absolute atomic E-state index is 13.0. The van der Waals surface area contributed by atoms with Crippen molar-refractivity contribution in [1.82, 2.24) is 9.97 Å². The van der Waals surface area contributed by atoms with E-state index >= 15 is 0 Å². The first-order chi connectivity index (χ1) is 16.1. The molecule has 0 amide bonds. The number of hydrogen-bond acceptors (Lipinski definition) is 8. The summed E-state index contributed by atoms with van der Waals surface area (Å²) in [5, 5.41) is 3.32. The molecule has 1 aliphatic rings. The van der Waals surface area contributed by atoms with Crippen LogP contribution >= 0.6 is 0 Å². The summed E-state index contributed by atoms with van der Waals surface area (Å²) in [5.41, 5.74) is 2.22. The maximum Gasteiger partial charge on any atom is 0.343 e. The van der Waals surface area contributed by atoms with Gasteiger partial charge >= 0.3 is 5.63 Å². The highest BCUT2D eigenvalue weighted by Gasteiger charge is 2.36. The molecule has 1 atom stereocenters. The molecule has 1 aliphatic heterocycles. The Kier molecular flexibility index (Phi) is 5.18. The van der Waals surface area contributed by atoms with E-state index in [2.05, 4.69) is 15.3 Å². The van der Waals surface area contributed by atoms with E-state index in [0.29, 0.717) is 40.1 Å². The zero-order valence-electron chi connectivity index (χ0n) is 18.3. The van der Waals surface area contributed by atoms with Gasteiger partial charge in [0.15, 0.2) is 0 Å². The lowest BCUT2D eigenvalue weighted by Gasteiger charge is -2.28. The van der Waals surface area contributed by atoms with Crippen molar-refractivity contribution in [2.24, 2.45) is 0 Å². The summed E-state index contributed by atoms with van der Waals surface area (Å²) in [7, 11) is 3.22. The Morgan fingerprint density at radius 1 is 0.909 bits per heavy atom. The quantitative estimate of drug-likeness (QED) is 0.414. The molecule has 3 heterocycles. The number of hydrogen-bond donors (Lipinski definition) is 1. The molecular weight excluding hydrogens is 422 g/mol. The summed E-state index contributed by atoms with van der Waals surface area (Å²) in [4.78, 5) is 21.8. The number of ether oxygens (including phenoxy) is 3. The minimum Gasteiger partial charge on any atom is -0.497 e. The van der Waals surface area contributed by atoms with Gasteiger partial charge in [-0.05, 0) is 48.9 Å². The molecule has 5 rings (SSSR count). The Morgan fingerprint density at radius 2 is 1.58 bits per heavy atom. The van der Waals surface area contributed by atoms with Crippen molar-refractivity contribution in [1.29, 1.82) is 0 Å². The lowest BCUT2D eigenvalue weighted by Crippen LogP contribution is -2.22. The molecule has 0 fully saturated rings. The van der Waals surface area contributed by atoms with Gasteiger partial charge in [-0.2, -0.15) is 0 Å². The number of aromatic nitrogens is 2. The van der Waals surface area contributed by atoms with Gasteiger partial charge in [-0.1, -0.05) is 12.1 Å². The van der Waals surface area contributed by atoms with Gasteiger partial charge in [0.25, 0.3) is 0 Å². The number of nitrogens with one attached hydrogen (secondary N) is 1. The Labute approximate surface area is 189 Å². The standard InChI is InChI=1S/C25H21N3O5/c1-14-12-19-21(25(29)32-14)20(15-4-8-17(30-2)9-5-15)22-23(26-13-27-24(22)33-19)28-16-6-10-18(31-3)11-7-16/h4-13,20H,1-3H3,(H,26,27,28). The number of aryl methyl sites for hydroxylation is 1. The summed E-state index contributed by atoms with van der Waals surface area (Å²) >= 11 is 0. The third-order valence-electron chi connectivity index (χ3n) is 5.51. The van der Waals surface area contributed by atoms with Crippen LogP contribution in [0, 0.1) is 6.92 Å². The lowest BCUT2D eigenvalue weighted by atomic mass is 9.84. The third kappa shape index (κ3) is 3.76. The average Bonchev–Trinajstić information content (AvgIpc) is 2.83. The second-order valence-electron chi connectivity index (χ2n) is 7.53. The summed E-state index contributed by atoms with van der Waals surface area (Å²) in [6.07, 6.45) is 1.43. The smallest absolute Gasteiger partial charge is 0.343 e. The van der Waals surface area contributed by atoms with E-state index < -0.39 is 11.5 Å². The van der Waals surface area contributed by atoms with Gasteiger partial charge in [-0.15, -0.1) is 0 Å². The van der Waals surface area contributed by atoms with Gasteiger partial charge in [0.05, 0.1) is 31.3 Å². The van der Waals surface area contributed by atoms with Crippen LogP contribution in [-0.4, -0.2) is 24.2 Å². The van der Waals surface area contributed by atoms with Gasteiger partial charge in [0.1, 0.15) is 35.2 Å². The SMILES string of the molecule is COc1ccc(Nc2ncnc3c2C(c2ccc(OC)cc2)c2c(cc(C)oc2=O)O3)cc1. The van der Waals surface area contributed by atoms with Gasteiger partial charge in [-0.3, -0.25) is 0 Å². The molecular formula is C25H21N3O5. The van der Waals surface area contributed by atoms with Gasteiger partial charge in [0, 0.05) is 11.8 Å². The van der Waals surface area contributed by atoms with E-state index in [1.165, 1.54) is 6.33 Å². The van der Waals surface area contributed by atoms with E-state index in [1.807, 2.05) is 48.5 Å². The molecule has 1 unspecified atom stereocenters. The first kappa shape index (κ1) is 20.6. The number of methoxy groups -OCH3 is 2. The van der Waals surface area contributed by atoms with Crippen molar-refractivity contribution in [2.75, 3.05) is 19.5 Å². The van der Waals surface area contributed by atoms with Crippen LogP contribution in [0.25, 0.3) is 0 Å². The number of benzene rings is 2. The van der Waals surface area contributed by atoms with Crippen molar-refractivity contribution in [2.45, 2.75) is 12.8 Å². The Hall–Kier alpha value is -4.33. The fraction of sp³-hybridized carbons (Fsp3) is 0.160. The molecule has 0 radical (unpaired) electrons. The van der Waals surface area contributed by atoms with Crippen LogP contribution in [0.3, 0.4) is 0 Å². The Morgan fingerprint density at radius 3 is 2.24 bits per heavy atom. The molecule has 1 N–H and O–H groups in total. The van der Waals surface area contributed by atoms with Crippen molar-refractivity contribution < 1.29 is 18.6 Å². The van der Waals surface area contributed by atoms with Crippen LogP contribution in [0.5, 0.6) is 23.1 Å². The van der Waals surface area contributed by atoms with Crippen LogP contribution < -0.4 is 25.2 Å². The van der Waals surface area contributed by atoms with Crippen LogP contribution in [0.15, 0.2) is 70.1 Å². The largest absolute Gasteiger partial charge is 0.497 e. The average molecular weight is 443 g/mol. The minimum atomic E-state index is -0.506. The van der Waals surface area contributed by atoms with Gasteiger partial charge in [-0.25, -0.2) is 14.8 Å². The molecule has 0 saturated carbocycles. The Balaban J connectivity index is 1.68. The topological polar surface area (TPSA) is 95.7 Å². The third-order valence-corrected chi connectivity index (χ3v) is 5.51. The molecule has 0 aliphatic carbocycles. The highest BCUT2D eigenvalue weighted by molar-refractivity contribution is 5.68. The molecule has 33 heavy (non-hydrogen) atoms. The first-order valence-electron chi connectivity index (χ1n) is 10.3.